The van der Waals surface area contributed by atoms with Crippen molar-refractivity contribution in [2.45, 2.75) is 13.5 Å². The highest BCUT2D eigenvalue weighted by atomic mass is 79.9. The number of hydrogen-bond donors (Lipinski definition) is 2. The van der Waals surface area contributed by atoms with E-state index in [-0.39, 0.29) is 5.91 Å². The van der Waals surface area contributed by atoms with Crippen molar-refractivity contribution < 1.29 is 9.21 Å². The van der Waals surface area contributed by atoms with Gasteiger partial charge < -0.3 is 9.73 Å². The number of halogens is 1. The van der Waals surface area contributed by atoms with Gasteiger partial charge >= 0.3 is 0 Å². The fraction of sp³-hybridized carbons (Fsp3) is 0.200. The highest BCUT2D eigenvalue weighted by molar-refractivity contribution is 9.10. The minimum absolute atomic E-state index is 0.179. The third-order valence-electron chi connectivity index (χ3n) is 2.24. The minimum atomic E-state index is -0.179. The molecule has 0 aromatic carbocycles. The van der Waals surface area contributed by atoms with Gasteiger partial charge in [0.15, 0.2) is 4.67 Å². The third-order valence-corrected chi connectivity index (χ3v) is 2.85. The van der Waals surface area contributed by atoms with Crippen LogP contribution in [-0.2, 0) is 6.54 Å². The average molecular weight is 284 g/mol. The van der Waals surface area contributed by atoms with Gasteiger partial charge in [-0.3, -0.25) is 9.89 Å². The molecule has 0 saturated carbocycles. The maximum absolute atomic E-state index is 11.7. The molecule has 0 aliphatic heterocycles. The van der Waals surface area contributed by atoms with Gasteiger partial charge in [0.2, 0.25) is 0 Å². The third kappa shape index (κ3) is 2.16. The number of H-pyrrole nitrogens is 1. The summed E-state index contributed by atoms with van der Waals surface area (Å²) in [6, 6.07) is 1.61. The van der Waals surface area contributed by atoms with Crippen LogP contribution < -0.4 is 5.32 Å². The maximum atomic E-state index is 11.7. The van der Waals surface area contributed by atoms with Crippen LogP contribution in [0.1, 0.15) is 21.6 Å². The molecule has 0 unspecified atom stereocenters. The smallest absolute Gasteiger partial charge is 0.256 e. The van der Waals surface area contributed by atoms with E-state index in [1.807, 2.05) is 6.92 Å². The number of aryl methyl sites for hydroxylation is 1. The van der Waals surface area contributed by atoms with Gasteiger partial charge in [-0.2, -0.15) is 5.10 Å². The van der Waals surface area contributed by atoms with E-state index in [1.54, 1.807) is 12.3 Å². The van der Waals surface area contributed by atoms with Gasteiger partial charge in [0, 0.05) is 17.8 Å². The van der Waals surface area contributed by atoms with Gasteiger partial charge in [-0.1, -0.05) is 0 Å². The number of nitrogens with one attached hydrogen (secondary N) is 2. The average Bonchev–Trinajstić information content (AvgIpc) is 2.84. The predicted molar refractivity (Wildman–Crippen MR) is 60.9 cm³/mol. The Balaban J connectivity index is 1.99. The number of hydrogen-bond acceptors (Lipinski definition) is 3. The molecule has 0 atom stereocenters. The van der Waals surface area contributed by atoms with Crippen LogP contribution in [0.25, 0.3) is 0 Å². The fourth-order valence-electron chi connectivity index (χ4n) is 1.28. The zero-order valence-corrected chi connectivity index (χ0v) is 10.2. The predicted octanol–water partition coefficient (Wildman–Crippen LogP) is 2.00. The van der Waals surface area contributed by atoms with Crippen molar-refractivity contribution in [3.8, 4) is 0 Å². The van der Waals surface area contributed by atoms with Crippen LogP contribution in [0.3, 0.4) is 0 Å². The van der Waals surface area contributed by atoms with Gasteiger partial charge in [0.25, 0.3) is 5.91 Å². The first-order valence-electron chi connectivity index (χ1n) is 4.68. The van der Waals surface area contributed by atoms with Crippen LogP contribution in [0.2, 0.25) is 0 Å². The Labute approximate surface area is 100 Å². The first kappa shape index (κ1) is 10.9. The van der Waals surface area contributed by atoms with Crippen molar-refractivity contribution in [3.05, 3.63) is 40.0 Å². The number of rotatable bonds is 3. The molecular weight excluding hydrogens is 274 g/mol. The Bertz CT molecular complexity index is 504. The van der Waals surface area contributed by atoms with E-state index in [0.29, 0.717) is 16.8 Å². The van der Waals surface area contributed by atoms with Crippen molar-refractivity contribution >= 4 is 21.8 Å². The summed E-state index contributed by atoms with van der Waals surface area (Å²) in [5.41, 5.74) is 2.40. The normalized spacial score (nSPS) is 10.4. The Morgan fingerprint density at radius 2 is 2.50 bits per heavy atom. The lowest BCUT2D eigenvalue weighted by molar-refractivity contribution is 0.0949. The zero-order chi connectivity index (χ0) is 11.5. The number of amides is 1. The molecular formula is C10H10BrN3O2. The van der Waals surface area contributed by atoms with Crippen LogP contribution in [0.5, 0.6) is 0 Å². The van der Waals surface area contributed by atoms with E-state index < -0.39 is 0 Å². The zero-order valence-electron chi connectivity index (χ0n) is 8.58. The van der Waals surface area contributed by atoms with Gasteiger partial charge in [-0.15, -0.1) is 0 Å². The second kappa shape index (κ2) is 4.52. The Hall–Kier alpha value is -1.56. The van der Waals surface area contributed by atoms with Crippen molar-refractivity contribution in [2.24, 2.45) is 0 Å². The van der Waals surface area contributed by atoms with Crippen molar-refractivity contribution in [1.29, 1.82) is 0 Å². The summed E-state index contributed by atoms with van der Waals surface area (Å²) < 4.78 is 5.42. The van der Waals surface area contributed by atoms with E-state index in [2.05, 4.69) is 31.4 Å². The number of aromatic nitrogens is 2. The lowest BCUT2D eigenvalue weighted by Gasteiger charge is -2.02. The van der Waals surface area contributed by atoms with Gasteiger partial charge in [-0.25, -0.2) is 0 Å². The molecule has 1 amide bonds. The molecule has 0 spiro atoms. The molecule has 2 aromatic heterocycles. The number of furan rings is 1. The minimum Gasteiger partial charge on any atom is -0.457 e. The molecule has 0 aliphatic rings. The van der Waals surface area contributed by atoms with E-state index in [0.717, 1.165) is 11.3 Å². The summed E-state index contributed by atoms with van der Waals surface area (Å²) in [6.45, 7) is 2.35. The maximum Gasteiger partial charge on any atom is 0.256 e. The molecule has 2 rings (SSSR count). The van der Waals surface area contributed by atoms with Crippen LogP contribution in [0.15, 0.2) is 27.6 Å². The summed E-state index contributed by atoms with van der Waals surface area (Å²) in [7, 11) is 0. The monoisotopic (exact) mass is 283 g/mol. The molecule has 0 radical (unpaired) electrons. The summed E-state index contributed by atoms with van der Waals surface area (Å²) in [4.78, 5) is 11.7. The Kier molecular flexibility index (Phi) is 3.09. The first-order chi connectivity index (χ1) is 7.68. The van der Waals surface area contributed by atoms with E-state index in [9.17, 15) is 4.79 Å². The molecule has 2 N–H and O–H groups in total. The Morgan fingerprint density at radius 1 is 1.69 bits per heavy atom. The summed E-state index contributed by atoms with van der Waals surface area (Å²) in [5.74, 6) is -0.179. The first-order valence-corrected chi connectivity index (χ1v) is 5.48. The van der Waals surface area contributed by atoms with Crippen molar-refractivity contribution in [1.82, 2.24) is 15.5 Å². The summed E-state index contributed by atoms with van der Waals surface area (Å²) >= 11 is 3.15. The number of nitrogens with zero attached hydrogens (tertiary/aromatic N) is 1. The van der Waals surface area contributed by atoms with E-state index in [1.165, 1.54) is 6.26 Å². The second-order valence-corrected chi connectivity index (χ2v) is 4.03. The van der Waals surface area contributed by atoms with E-state index in [4.69, 9.17) is 4.42 Å². The second-order valence-electron chi connectivity index (χ2n) is 3.31. The molecule has 6 heteroatoms. The number of carbonyl (C=O) groups excluding carboxylic acids is 1. The summed E-state index contributed by atoms with van der Waals surface area (Å²) in [6.07, 6.45) is 3.15. The van der Waals surface area contributed by atoms with Crippen molar-refractivity contribution in [3.63, 3.8) is 0 Å². The lowest BCUT2D eigenvalue weighted by Crippen LogP contribution is -2.22. The molecule has 84 valence electrons. The van der Waals surface area contributed by atoms with Gasteiger partial charge in [0.1, 0.15) is 0 Å². The van der Waals surface area contributed by atoms with Crippen molar-refractivity contribution in [2.75, 3.05) is 0 Å². The molecule has 5 nitrogen and oxygen atoms in total. The Morgan fingerprint density at radius 3 is 3.06 bits per heavy atom. The molecule has 2 heterocycles. The van der Waals surface area contributed by atoms with E-state index >= 15 is 0 Å². The highest BCUT2D eigenvalue weighted by Crippen LogP contribution is 2.17. The molecule has 16 heavy (non-hydrogen) atoms. The number of aromatic amines is 1. The molecule has 0 fully saturated rings. The van der Waals surface area contributed by atoms with Crippen LogP contribution in [0.4, 0.5) is 0 Å². The van der Waals surface area contributed by atoms with Crippen LogP contribution in [-0.4, -0.2) is 16.1 Å². The van der Waals surface area contributed by atoms with Crippen LogP contribution >= 0.6 is 15.9 Å². The molecule has 0 aliphatic carbocycles. The number of carbonyl (C=O) groups is 1. The van der Waals surface area contributed by atoms with Crippen LogP contribution in [0, 0.1) is 6.92 Å². The standard InChI is InChI=1S/C10H10BrN3O2/c1-6-7(5-13-14-6)4-12-10(15)8-2-3-16-9(8)11/h2-3,5H,4H2,1H3,(H,12,15)(H,13,14). The largest absolute Gasteiger partial charge is 0.457 e. The quantitative estimate of drug-likeness (QED) is 0.905. The molecule has 2 aromatic rings. The lowest BCUT2D eigenvalue weighted by atomic mass is 10.2. The van der Waals surface area contributed by atoms with Gasteiger partial charge in [0.05, 0.1) is 18.0 Å². The van der Waals surface area contributed by atoms with Gasteiger partial charge in [-0.05, 0) is 28.9 Å². The fourth-order valence-corrected chi connectivity index (χ4v) is 1.70. The topological polar surface area (TPSA) is 70.9 Å². The SMILES string of the molecule is Cc1[nH]ncc1CNC(=O)c1ccoc1Br. The molecule has 0 saturated heterocycles. The molecule has 0 bridgehead atoms. The highest BCUT2D eigenvalue weighted by Gasteiger charge is 2.12. The summed E-state index contributed by atoms with van der Waals surface area (Å²) in [5, 5.41) is 9.47.